The normalized spacial score (nSPS) is 10.5. The van der Waals surface area contributed by atoms with Gasteiger partial charge < -0.3 is 20.1 Å². The van der Waals surface area contributed by atoms with Crippen molar-refractivity contribution in [1.29, 1.82) is 5.41 Å². The van der Waals surface area contributed by atoms with E-state index < -0.39 is 0 Å². The summed E-state index contributed by atoms with van der Waals surface area (Å²) in [6.45, 7) is 4.71. The summed E-state index contributed by atoms with van der Waals surface area (Å²) in [7, 11) is 1.99. The Kier molecular flexibility index (Phi) is 6.74. The molecule has 3 N–H and O–H groups in total. The van der Waals surface area contributed by atoms with Crippen molar-refractivity contribution >= 4 is 5.84 Å². The lowest BCUT2D eigenvalue weighted by atomic mass is 10.3. The lowest BCUT2D eigenvalue weighted by Crippen LogP contribution is -2.28. The highest BCUT2D eigenvalue weighted by Gasteiger charge is 2.04. The first kappa shape index (κ1) is 15.3. The molecule has 19 heavy (non-hydrogen) atoms. The van der Waals surface area contributed by atoms with E-state index in [-0.39, 0.29) is 5.84 Å². The van der Waals surface area contributed by atoms with Gasteiger partial charge in [0.1, 0.15) is 6.61 Å². The minimum Gasteiger partial charge on any atom is -0.490 e. The van der Waals surface area contributed by atoms with Crippen LogP contribution in [0.25, 0.3) is 0 Å². The summed E-state index contributed by atoms with van der Waals surface area (Å²) in [5, 5.41) is 7.18. The summed E-state index contributed by atoms with van der Waals surface area (Å²) in [4.78, 5) is 2.09. The van der Waals surface area contributed by atoms with Gasteiger partial charge in [-0.25, -0.2) is 0 Å². The first-order chi connectivity index (χ1) is 9.13. The third-order valence-corrected chi connectivity index (χ3v) is 2.64. The Bertz CT molecular complexity index is 396. The molecule has 0 aliphatic rings. The second-order valence-electron chi connectivity index (χ2n) is 4.31. The molecule has 0 amide bonds. The molecule has 5 nitrogen and oxygen atoms in total. The average molecular weight is 265 g/mol. The van der Waals surface area contributed by atoms with Crippen LogP contribution >= 0.6 is 0 Å². The number of likely N-dealkylation sites (N-methyl/N-ethyl adjacent to an activating group) is 1. The van der Waals surface area contributed by atoms with Crippen LogP contribution in [-0.4, -0.2) is 44.1 Å². The predicted octanol–water partition coefficient (Wildman–Crippen LogP) is 1.72. The van der Waals surface area contributed by atoms with E-state index >= 15 is 0 Å². The molecule has 0 radical (unpaired) electrons. The van der Waals surface area contributed by atoms with Gasteiger partial charge in [-0.3, -0.25) is 5.41 Å². The monoisotopic (exact) mass is 265 g/mol. The van der Waals surface area contributed by atoms with Gasteiger partial charge in [0.25, 0.3) is 0 Å². The van der Waals surface area contributed by atoms with Crippen molar-refractivity contribution in [2.45, 2.75) is 13.3 Å². The van der Waals surface area contributed by atoms with E-state index in [4.69, 9.17) is 20.6 Å². The number of nitrogens with two attached hydrogens (primary N) is 1. The minimum absolute atomic E-state index is 0.217. The van der Waals surface area contributed by atoms with Gasteiger partial charge in [0, 0.05) is 19.5 Å². The molecular weight excluding hydrogens is 242 g/mol. The maximum Gasteiger partial charge on any atom is 0.161 e. The van der Waals surface area contributed by atoms with Crippen LogP contribution < -0.4 is 15.2 Å². The SMILES string of the molecule is CCOc1ccccc1OCCN(C)CCC(=N)N. The quantitative estimate of drug-likeness (QED) is 0.527. The Labute approximate surface area is 114 Å². The van der Waals surface area contributed by atoms with Gasteiger partial charge in [0.05, 0.1) is 12.4 Å². The summed E-state index contributed by atoms with van der Waals surface area (Å²) < 4.78 is 11.2. The predicted molar refractivity (Wildman–Crippen MR) is 77.1 cm³/mol. The van der Waals surface area contributed by atoms with Crippen molar-refractivity contribution in [2.24, 2.45) is 5.73 Å². The van der Waals surface area contributed by atoms with Crippen molar-refractivity contribution in [1.82, 2.24) is 4.90 Å². The smallest absolute Gasteiger partial charge is 0.161 e. The van der Waals surface area contributed by atoms with Crippen LogP contribution in [0.2, 0.25) is 0 Å². The number of benzene rings is 1. The molecule has 0 fully saturated rings. The summed E-state index contributed by atoms with van der Waals surface area (Å²) in [6.07, 6.45) is 0.589. The summed E-state index contributed by atoms with van der Waals surface area (Å²) >= 11 is 0. The van der Waals surface area contributed by atoms with Gasteiger partial charge in [0.15, 0.2) is 11.5 Å². The third-order valence-electron chi connectivity index (χ3n) is 2.64. The molecule has 106 valence electrons. The van der Waals surface area contributed by atoms with Crippen molar-refractivity contribution in [3.05, 3.63) is 24.3 Å². The van der Waals surface area contributed by atoms with Crippen LogP contribution in [-0.2, 0) is 0 Å². The molecular formula is C14H23N3O2. The van der Waals surface area contributed by atoms with Crippen molar-refractivity contribution in [3.8, 4) is 11.5 Å². The zero-order valence-electron chi connectivity index (χ0n) is 11.7. The first-order valence-corrected chi connectivity index (χ1v) is 6.49. The Hall–Kier alpha value is -1.75. The highest BCUT2D eigenvalue weighted by Crippen LogP contribution is 2.26. The lowest BCUT2D eigenvalue weighted by Gasteiger charge is -2.17. The van der Waals surface area contributed by atoms with Crippen LogP contribution in [0.15, 0.2) is 24.3 Å². The molecule has 1 aromatic carbocycles. The number of amidine groups is 1. The number of ether oxygens (including phenoxy) is 2. The second kappa shape index (κ2) is 8.37. The molecule has 1 aromatic rings. The Morgan fingerprint density at radius 1 is 1.21 bits per heavy atom. The molecule has 0 unspecified atom stereocenters. The van der Waals surface area contributed by atoms with Crippen LogP contribution in [0.4, 0.5) is 0 Å². The summed E-state index contributed by atoms with van der Waals surface area (Å²) in [5.41, 5.74) is 5.32. The van der Waals surface area contributed by atoms with Crippen LogP contribution in [0.1, 0.15) is 13.3 Å². The molecule has 0 aliphatic heterocycles. The molecule has 0 spiro atoms. The standard InChI is InChI=1S/C14H23N3O2/c1-3-18-12-6-4-5-7-13(12)19-11-10-17(2)9-8-14(15)16/h4-7H,3,8-11H2,1-2H3,(H3,15,16). The van der Waals surface area contributed by atoms with E-state index in [9.17, 15) is 0 Å². The molecule has 0 bridgehead atoms. The number of rotatable bonds is 9. The van der Waals surface area contributed by atoms with Gasteiger partial charge in [0.2, 0.25) is 0 Å². The van der Waals surface area contributed by atoms with Crippen LogP contribution in [0.3, 0.4) is 0 Å². The Balaban J connectivity index is 2.34. The fourth-order valence-corrected chi connectivity index (χ4v) is 1.58. The highest BCUT2D eigenvalue weighted by molar-refractivity contribution is 5.76. The van der Waals surface area contributed by atoms with Gasteiger partial charge in [-0.15, -0.1) is 0 Å². The van der Waals surface area contributed by atoms with Crippen molar-refractivity contribution in [3.63, 3.8) is 0 Å². The van der Waals surface area contributed by atoms with Crippen LogP contribution in [0, 0.1) is 5.41 Å². The van der Waals surface area contributed by atoms with E-state index in [1.807, 2.05) is 38.2 Å². The molecule has 0 saturated carbocycles. The molecule has 0 aromatic heterocycles. The largest absolute Gasteiger partial charge is 0.490 e. The molecule has 0 aliphatic carbocycles. The van der Waals surface area contributed by atoms with Gasteiger partial charge >= 0.3 is 0 Å². The minimum atomic E-state index is 0.217. The average Bonchev–Trinajstić information content (AvgIpc) is 2.39. The maximum atomic E-state index is 7.18. The first-order valence-electron chi connectivity index (χ1n) is 6.49. The van der Waals surface area contributed by atoms with Gasteiger partial charge in [-0.05, 0) is 26.1 Å². The third kappa shape index (κ3) is 6.10. The van der Waals surface area contributed by atoms with Crippen molar-refractivity contribution < 1.29 is 9.47 Å². The van der Waals surface area contributed by atoms with Gasteiger partial charge in [-0.2, -0.15) is 0 Å². The molecule has 0 heterocycles. The van der Waals surface area contributed by atoms with E-state index in [1.54, 1.807) is 0 Å². The zero-order chi connectivity index (χ0) is 14.1. The number of hydrogen-bond acceptors (Lipinski definition) is 4. The number of hydrogen-bond donors (Lipinski definition) is 2. The lowest BCUT2D eigenvalue weighted by molar-refractivity contribution is 0.228. The topological polar surface area (TPSA) is 71.6 Å². The van der Waals surface area contributed by atoms with E-state index in [0.717, 1.165) is 24.6 Å². The zero-order valence-corrected chi connectivity index (χ0v) is 11.7. The summed E-state index contributed by atoms with van der Waals surface area (Å²) in [5.74, 6) is 1.76. The molecule has 1 rings (SSSR count). The van der Waals surface area contributed by atoms with Crippen LogP contribution in [0.5, 0.6) is 11.5 Å². The van der Waals surface area contributed by atoms with E-state index in [2.05, 4.69) is 4.90 Å². The summed E-state index contributed by atoms with van der Waals surface area (Å²) in [6, 6.07) is 7.66. The second-order valence-corrected chi connectivity index (χ2v) is 4.31. The Morgan fingerprint density at radius 3 is 2.42 bits per heavy atom. The van der Waals surface area contributed by atoms with Gasteiger partial charge in [-0.1, -0.05) is 12.1 Å². The maximum absolute atomic E-state index is 7.18. The van der Waals surface area contributed by atoms with Crippen molar-refractivity contribution in [2.75, 3.05) is 33.4 Å². The Morgan fingerprint density at radius 2 is 1.84 bits per heavy atom. The molecule has 0 atom stereocenters. The number of nitrogens with zero attached hydrogens (tertiary/aromatic N) is 1. The number of para-hydroxylation sites is 2. The van der Waals surface area contributed by atoms with E-state index in [0.29, 0.717) is 19.6 Å². The fraction of sp³-hybridized carbons (Fsp3) is 0.500. The molecule has 0 saturated heterocycles. The van der Waals surface area contributed by atoms with E-state index in [1.165, 1.54) is 0 Å². The molecule has 5 heteroatoms. The highest BCUT2D eigenvalue weighted by atomic mass is 16.5. The fourth-order valence-electron chi connectivity index (χ4n) is 1.58. The number of nitrogens with one attached hydrogen (secondary N) is 1.